The highest BCUT2D eigenvalue weighted by molar-refractivity contribution is 6.40. The molecule has 0 unspecified atom stereocenters. The molecule has 21 heavy (non-hydrogen) atoms. The Morgan fingerprint density at radius 1 is 1.14 bits per heavy atom. The number of rotatable bonds is 6. The zero-order chi connectivity index (χ0) is 15.4. The fourth-order valence-corrected chi connectivity index (χ4v) is 2.32. The molecule has 0 radical (unpaired) electrons. The number of aliphatic hydroxyl groups excluding tert-OH is 3. The van der Waals surface area contributed by atoms with Crippen molar-refractivity contribution in [2.75, 3.05) is 0 Å². The van der Waals surface area contributed by atoms with Gasteiger partial charge in [0.2, 0.25) is 0 Å². The number of aromatic nitrogens is 2. The average Bonchev–Trinajstić information content (AvgIpc) is 2.79. The molecule has 2 rings (SSSR count). The van der Waals surface area contributed by atoms with E-state index in [9.17, 15) is 10.2 Å². The number of aliphatic hydroxyl groups is 3. The normalized spacial score (nSPS) is 14.1. The Morgan fingerprint density at radius 3 is 2.33 bits per heavy atom. The van der Waals surface area contributed by atoms with Gasteiger partial charge < -0.3 is 19.9 Å². The van der Waals surface area contributed by atoms with Crippen LogP contribution in [0, 0.1) is 0 Å². The van der Waals surface area contributed by atoms with Crippen molar-refractivity contribution in [1.29, 1.82) is 0 Å². The molecule has 7 heteroatoms. The Hall–Kier alpha value is -1.11. The molecular formula is C14H16Cl2N2O3. The lowest BCUT2D eigenvalue weighted by atomic mass is 10.0. The molecule has 5 nitrogen and oxygen atoms in total. The first kappa shape index (κ1) is 16.3. The van der Waals surface area contributed by atoms with Gasteiger partial charge in [0.05, 0.1) is 31.7 Å². The molecule has 0 saturated carbocycles. The lowest BCUT2D eigenvalue weighted by Gasteiger charge is -2.17. The molecule has 114 valence electrons. The molecule has 2 aromatic rings. The van der Waals surface area contributed by atoms with Crippen molar-refractivity contribution in [2.24, 2.45) is 0 Å². The highest BCUT2D eigenvalue weighted by Crippen LogP contribution is 2.23. The van der Waals surface area contributed by atoms with Crippen LogP contribution in [0.3, 0.4) is 0 Å². The number of hydrogen-bond donors (Lipinski definition) is 3. The summed E-state index contributed by atoms with van der Waals surface area (Å²) in [4.78, 5) is 3.82. The van der Waals surface area contributed by atoms with Crippen LogP contribution in [0.25, 0.3) is 0 Å². The maximum Gasteiger partial charge on any atom is 0.166 e. The minimum absolute atomic E-state index is 0.0428. The minimum atomic E-state index is -0.800. The van der Waals surface area contributed by atoms with Gasteiger partial charge in [0, 0.05) is 6.42 Å². The molecule has 0 amide bonds. The van der Waals surface area contributed by atoms with Crippen molar-refractivity contribution < 1.29 is 15.3 Å². The first-order chi connectivity index (χ1) is 10.0. The molecule has 0 bridgehead atoms. The van der Waals surface area contributed by atoms with Gasteiger partial charge in [0.15, 0.2) is 5.15 Å². The summed E-state index contributed by atoms with van der Waals surface area (Å²) in [6, 6.07) is 6.92. The molecule has 3 N–H and O–H groups in total. The van der Waals surface area contributed by atoms with Crippen molar-refractivity contribution in [3.8, 4) is 0 Å². The van der Waals surface area contributed by atoms with Crippen LogP contribution < -0.4 is 0 Å². The van der Waals surface area contributed by atoms with E-state index >= 15 is 0 Å². The van der Waals surface area contributed by atoms with E-state index in [1.165, 1.54) is 10.9 Å². The minimum Gasteiger partial charge on any atom is -0.392 e. The highest BCUT2D eigenvalue weighted by atomic mass is 35.5. The second-order valence-electron chi connectivity index (χ2n) is 4.78. The summed E-state index contributed by atoms with van der Waals surface area (Å²) < 4.78 is 1.52. The van der Waals surface area contributed by atoms with Gasteiger partial charge in [-0.15, -0.1) is 0 Å². The summed E-state index contributed by atoms with van der Waals surface area (Å²) in [5, 5.41) is 29.5. The Kier molecular flexibility index (Phi) is 5.61. The van der Waals surface area contributed by atoms with E-state index in [0.717, 1.165) is 5.56 Å². The predicted octanol–water partition coefficient (Wildman–Crippen LogP) is 2.17. The maximum atomic E-state index is 10.1. The Balaban J connectivity index is 1.94. The van der Waals surface area contributed by atoms with Gasteiger partial charge in [-0.05, 0) is 11.1 Å². The SMILES string of the molecule is OCc1ccc([C@@H](O)C[C@@H](O)Cn2cnc(Cl)c2Cl)cc1. The van der Waals surface area contributed by atoms with Crippen molar-refractivity contribution in [1.82, 2.24) is 9.55 Å². The summed E-state index contributed by atoms with van der Waals surface area (Å²) in [6.45, 7) is 0.156. The summed E-state index contributed by atoms with van der Waals surface area (Å²) in [6.07, 6.45) is 0.00627. The van der Waals surface area contributed by atoms with Gasteiger partial charge in [0.1, 0.15) is 5.15 Å². The number of hydrogen-bond acceptors (Lipinski definition) is 4. The molecule has 0 aliphatic rings. The predicted molar refractivity (Wildman–Crippen MR) is 80.2 cm³/mol. The largest absolute Gasteiger partial charge is 0.392 e. The quantitative estimate of drug-likeness (QED) is 0.758. The zero-order valence-corrected chi connectivity index (χ0v) is 12.7. The number of halogens is 2. The monoisotopic (exact) mass is 330 g/mol. The van der Waals surface area contributed by atoms with Gasteiger partial charge >= 0.3 is 0 Å². The lowest BCUT2D eigenvalue weighted by molar-refractivity contribution is 0.0703. The van der Waals surface area contributed by atoms with Crippen LogP contribution in [0.15, 0.2) is 30.6 Å². The van der Waals surface area contributed by atoms with Crippen molar-refractivity contribution >= 4 is 23.2 Å². The molecule has 1 heterocycles. The van der Waals surface area contributed by atoms with Gasteiger partial charge in [0.25, 0.3) is 0 Å². The van der Waals surface area contributed by atoms with E-state index in [0.29, 0.717) is 5.56 Å². The summed E-state index contributed by atoms with van der Waals surface area (Å²) in [5.41, 5.74) is 1.45. The van der Waals surface area contributed by atoms with Crippen LogP contribution in [0.1, 0.15) is 23.7 Å². The number of benzene rings is 1. The molecule has 0 spiro atoms. The van der Waals surface area contributed by atoms with Crippen LogP contribution in [0.5, 0.6) is 0 Å². The van der Waals surface area contributed by atoms with Crippen LogP contribution in [-0.2, 0) is 13.2 Å². The molecule has 0 saturated heterocycles. The molecule has 0 aliphatic heterocycles. The molecule has 2 atom stereocenters. The Bertz CT molecular complexity index is 586. The fourth-order valence-electron chi connectivity index (χ4n) is 2.01. The molecule has 0 fully saturated rings. The molecule has 1 aromatic carbocycles. The summed E-state index contributed by atoms with van der Waals surface area (Å²) in [5.74, 6) is 0. The third-order valence-electron chi connectivity index (χ3n) is 3.18. The summed E-state index contributed by atoms with van der Waals surface area (Å²) >= 11 is 11.6. The Labute approximate surface area is 132 Å². The highest BCUT2D eigenvalue weighted by Gasteiger charge is 2.16. The topological polar surface area (TPSA) is 78.5 Å². The summed E-state index contributed by atoms with van der Waals surface area (Å²) in [7, 11) is 0. The van der Waals surface area contributed by atoms with E-state index in [2.05, 4.69) is 4.98 Å². The van der Waals surface area contributed by atoms with Crippen molar-refractivity contribution in [3.63, 3.8) is 0 Å². The van der Waals surface area contributed by atoms with Crippen LogP contribution >= 0.6 is 23.2 Å². The first-order valence-corrected chi connectivity index (χ1v) is 7.18. The van der Waals surface area contributed by atoms with Gasteiger partial charge in [-0.25, -0.2) is 4.98 Å². The molecular weight excluding hydrogens is 315 g/mol. The second-order valence-corrected chi connectivity index (χ2v) is 5.50. The zero-order valence-electron chi connectivity index (χ0n) is 11.2. The molecule has 0 aliphatic carbocycles. The van der Waals surface area contributed by atoms with E-state index in [-0.39, 0.29) is 29.9 Å². The van der Waals surface area contributed by atoms with Crippen LogP contribution in [-0.4, -0.2) is 31.0 Å². The van der Waals surface area contributed by atoms with E-state index in [1.54, 1.807) is 24.3 Å². The standard InChI is InChI=1S/C14H16Cl2N2O3/c15-13-14(16)18(8-17-13)6-11(20)5-12(21)10-3-1-9(7-19)2-4-10/h1-4,8,11-12,19-21H,5-7H2/t11-,12+/m1/s1. The van der Waals surface area contributed by atoms with E-state index in [1.807, 2.05) is 0 Å². The molecule has 1 aromatic heterocycles. The first-order valence-electron chi connectivity index (χ1n) is 6.43. The van der Waals surface area contributed by atoms with Gasteiger partial charge in [-0.2, -0.15) is 0 Å². The second kappa shape index (κ2) is 7.24. The Morgan fingerprint density at radius 2 is 1.81 bits per heavy atom. The fraction of sp³-hybridized carbons (Fsp3) is 0.357. The maximum absolute atomic E-state index is 10.1. The number of nitrogens with zero attached hydrogens (tertiary/aromatic N) is 2. The van der Waals surface area contributed by atoms with E-state index in [4.69, 9.17) is 28.3 Å². The van der Waals surface area contributed by atoms with Crippen molar-refractivity contribution in [3.05, 3.63) is 52.0 Å². The smallest absolute Gasteiger partial charge is 0.166 e. The van der Waals surface area contributed by atoms with Crippen LogP contribution in [0.2, 0.25) is 10.3 Å². The van der Waals surface area contributed by atoms with Crippen LogP contribution in [0.4, 0.5) is 0 Å². The number of imidazole rings is 1. The third kappa shape index (κ3) is 4.18. The van der Waals surface area contributed by atoms with E-state index < -0.39 is 12.2 Å². The third-order valence-corrected chi connectivity index (χ3v) is 3.95. The van der Waals surface area contributed by atoms with Crippen molar-refractivity contribution in [2.45, 2.75) is 31.8 Å². The average molecular weight is 331 g/mol. The lowest BCUT2D eigenvalue weighted by Crippen LogP contribution is -2.19. The van der Waals surface area contributed by atoms with Gasteiger partial charge in [-0.1, -0.05) is 47.5 Å². The van der Waals surface area contributed by atoms with Gasteiger partial charge in [-0.3, -0.25) is 0 Å².